The van der Waals surface area contributed by atoms with Crippen LogP contribution < -0.4 is 10.1 Å². The Balaban J connectivity index is 1.32. The predicted octanol–water partition coefficient (Wildman–Crippen LogP) is 5.74. The highest BCUT2D eigenvalue weighted by Crippen LogP contribution is 2.23. The number of aromatic nitrogens is 2. The van der Waals surface area contributed by atoms with E-state index in [0.29, 0.717) is 23.2 Å². The van der Waals surface area contributed by atoms with Gasteiger partial charge in [0.2, 0.25) is 0 Å². The van der Waals surface area contributed by atoms with E-state index in [1.165, 1.54) is 0 Å². The molecule has 6 heteroatoms. The molecule has 3 aromatic carbocycles. The summed E-state index contributed by atoms with van der Waals surface area (Å²) < 4.78 is 5.88. The van der Waals surface area contributed by atoms with Gasteiger partial charge in [-0.1, -0.05) is 53.5 Å². The van der Waals surface area contributed by atoms with E-state index in [-0.39, 0.29) is 0 Å². The number of halogens is 2. The molecule has 0 aliphatic rings. The van der Waals surface area contributed by atoms with Gasteiger partial charge in [-0.25, -0.2) is 4.98 Å². The summed E-state index contributed by atoms with van der Waals surface area (Å²) in [5.41, 5.74) is 4.15. The lowest BCUT2D eigenvalue weighted by Gasteiger charge is -2.09. The zero-order valence-corrected chi connectivity index (χ0v) is 16.6. The molecule has 1 aromatic heterocycles. The Morgan fingerprint density at radius 2 is 1.75 bits per heavy atom. The van der Waals surface area contributed by atoms with Gasteiger partial charge < -0.3 is 15.0 Å². The van der Waals surface area contributed by atoms with Crippen molar-refractivity contribution in [1.29, 1.82) is 0 Å². The van der Waals surface area contributed by atoms with Crippen LogP contribution in [0.4, 0.5) is 0 Å². The van der Waals surface area contributed by atoms with E-state index in [1.807, 2.05) is 54.6 Å². The second kappa shape index (κ2) is 8.65. The highest BCUT2D eigenvalue weighted by atomic mass is 35.5. The van der Waals surface area contributed by atoms with E-state index in [9.17, 15) is 0 Å². The third-order valence-electron chi connectivity index (χ3n) is 4.35. The Morgan fingerprint density at radius 1 is 0.857 bits per heavy atom. The second-order valence-electron chi connectivity index (χ2n) is 6.49. The third-order valence-corrected chi connectivity index (χ3v) is 5.09. The van der Waals surface area contributed by atoms with Crippen molar-refractivity contribution in [2.45, 2.75) is 19.7 Å². The number of para-hydroxylation sites is 2. The molecule has 0 amide bonds. The fraction of sp³-hybridized carbons (Fsp3) is 0.136. The van der Waals surface area contributed by atoms with Crippen molar-refractivity contribution in [3.63, 3.8) is 0 Å². The number of ether oxygens (including phenoxy) is 1. The van der Waals surface area contributed by atoms with Crippen LogP contribution in [-0.2, 0) is 19.7 Å². The molecule has 4 nitrogen and oxygen atoms in total. The van der Waals surface area contributed by atoms with E-state index in [4.69, 9.17) is 27.9 Å². The predicted molar refractivity (Wildman–Crippen MR) is 114 cm³/mol. The van der Waals surface area contributed by atoms with Crippen LogP contribution in [0.1, 0.15) is 17.0 Å². The van der Waals surface area contributed by atoms with Crippen molar-refractivity contribution in [2.75, 3.05) is 0 Å². The summed E-state index contributed by atoms with van der Waals surface area (Å²) in [5, 5.41) is 4.49. The smallest absolute Gasteiger partial charge is 0.121 e. The van der Waals surface area contributed by atoms with Crippen LogP contribution in [0.3, 0.4) is 0 Å². The minimum Gasteiger partial charge on any atom is -0.489 e. The molecular formula is C22H19Cl2N3O. The van der Waals surface area contributed by atoms with E-state index in [1.54, 1.807) is 6.07 Å². The van der Waals surface area contributed by atoms with Gasteiger partial charge in [0.25, 0.3) is 0 Å². The van der Waals surface area contributed by atoms with Gasteiger partial charge in [0.1, 0.15) is 18.2 Å². The number of rotatable bonds is 7. The van der Waals surface area contributed by atoms with E-state index >= 15 is 0 Å². The average Bonchev–Trinajstić information content (AvgIpc) is 3.12. The molecule has 0 fully saturated rings. The van der Waals surface area contributed by atoms with Gasteiger partial charge >= 0.3 is 0 Å². The number of fused-ring (bicyclic) bond motifs is 1. The van der Waals surface area contributed by atoms with Gasteiger partial charge in [0, 0.05) is 6.54 Å². The fourth-order valence-electron chi connectivity index (χ4n) is 2.96. The first-order valence-corrected chi connectivity index (χ1v) is 9.73. The number of nitrogens with zero attached hydrogens (tertiary/aromatic N) is 1. The largest absolute Gasteiger partial charge is 0.489 e. The minimum atomic E-state index is 0.437. The summed E-state index contributed by atoms with van der Waals surface area (Å²) in [6.07, 6.45) is 0. The molecule has 4 aromatic rings. The Bertz CT molecular complexity index is 1060. The Morgan fingerprint density at radius 3 is 2.61 bits per heavy atom. The first-order valence-electron chi connectivity index (χ1n) is 8.97. The maximum atomic E-state index is 6.05. The number of hydrogen-bond donors (Lipinski definition) is 2. The average molecular weight is 412 g/mol. The van der Waals surface area contributed by atoms with Crippen LogP contribution in [0.15, 0.2) is 66.7 Å². The summed E-state index contributed by atoms with van der Waals surface area (Å²) >= 11 is 12.0. The third kappa shape index (κ3) is 4.65. The molecule has 0 bridgehead atoms. The zero-order chi connectivity index (χ0) is 19.3. The zero-order valence-electron chi connectivity index (χ0n) is 15.1. The Hall–Kier alpha value is -2.53. The van der Waals surface area contributed by atoms with Crippen molar-refractivity contribution in [1.82, 2.24) is 15.3 Å². The summed E-state index contributed by atoms with van der Waals surface area (Å²) in [6.45, 7) is 1.83. The van der Waals surface area contributed by atoms with Crippen LogP contribution >= 0.6 is 23.2 Å². The maximum absolute atomic E-state index is 6.05. The standard InChI is InChI=1S/C22H19Cl2N3O/c23-18-9-8-16(11-19(18)24)14-28-17-5-3-4-15(10-17)12-25-13-22-26-20-6-1-2-7-21(20)27-22/h1-11,25H,12-14H2,(H,26,27). The molecule has 0 spiro atoms. The summed E-state index contributed by atoms with van der Waals surface area (Å²) in [7, 11) is 0. The molecule has 1 heterocycles. The first kappa shape index (κ1) is 18.8. The molecule has 2 N–H and O–H groups in total. The lowest BCUT2D eigenvalue weighted by molar-refractivity contribution is 0.306. The molecule has 0 aliphatic heterocycles. The number of imidazole rings is 1. The fourth-order valence-corrected chi connectivity index (χ4v) is 3.28. The molecule has 0 aliphatic carbocycles. The Labute approximate surface area is 173 Å². The van der Waals surface area contributed by atoms with Gasteiger partial charge in [-0.2, -0.15) is 0 Å². The van der Waals surface area contributed by atoms with Gasteiger partial charge in [-0.05, 0) is 47.5 Å². The summed E-state index contributed by atoms with van der Waals surface area (Å²) in [5.74, 6) is 1.74. The van der Waals surface area contributed by atoms with E-state index in [2.05, 4.69) is 21.4 Å². The minimum absolute atomic E-state index is 0.437. The van der Waals surface area contributed by atoms with Crippen molar-refractivity contribution in [2.24, 2.45) is 0 Å². The van der Waals surface area contributed by atoms with E-state index in [0.717, 1.165) is 40.3 Å². The van der Waals surface area contributed by atoms with Crippen molar-refractivity contribution in [3.05, 3.63) is 93.7 Å². The number of nitrogens with one attached hydrogen (secondary N) is 2. The molecule has 0 saturated carbocycles. The quantitative estimate of drug-likeness (QED) is 0.407. The SMILES string of the molecule is Clc1ccc(COc2cccc(CNCc3nc4ccccc4[nH]3)c2)cc1Cl. The molecule has 0 radical (unpaired) electrons. The second-order valence-corrected chi connectivity index (χ2v) is 7.30. The lowest BCUT2D eigenvalue weighted by atomic mass is 10.2. The molecule has 4 rings (SSSR count). The normalized spacial score (nSPS) is 11.1. The molecule has 0 atom stereocenters. The highest BCUT2D eigenvalue weighted by molar-refractivity contribution is 6.42. The van der Waals surface area contributed by atoms with Crippen molar-refractivity contribution in [3.8, 4) is 5.75 Å². The summed E-state index contributed by atoms with van der Waals surface area (Å²) in [4.78, 5) is 7.90. The van der Waals surface area contributed by atoms with Gasteiger partial charge in [0.15, 0.2) is 0 Å². The summed E-state index contributed by atoms with van der Waals surface area (Å²) in [6, 6.07) is 21.6. The topological polar surface area (TPSA) is 49.9 Å². The van der Waals surface area contributed by atoms with Crippen molar-refractivity contribution >= 4 is 34.2 Å². The van der Waals surface area contributed by atoms with Crippen LogP contribution in [-0.4, -0.2) is 9.97 Å². The molecule has 0 unspecified atom stereocenters. The molecular weight excluding hydrogens is 393 g/mol. The van der Waals surface area contributed by atoms with Crippen LogP contribution in [0.25, 0.3) is 11.0 Å². The van der Waals surface area contributed by atoms with Crippen LogP contribution in [0, 0.1) is 0 Å². The van der Waals surface area contributed by atoms with Gasteiger partial charge in [-0.3, -0.25) is 0 Å². The van der Waals surface area contributed by atoms with Crippen LogP contribution in [0.5, 0.6) is 5.75 Å². The maximum Gasteiger partial charge on any atom is 0.121 e. The monoisotopic (exact) mass is 411 g/mol. The van der Waals surface area contributed by atoms with Crippen LogP contribution in [0.2, 0.25) is 10.0 Å². The number of hydrogen-bond acceptors (Lipinski definition) is 3. The van der Waals surface area contributed by atoms with Crippen molar-refractivity contribution < 1.29 is 4.74 Å². The first-order chi connectivity index (χ1) is 13.7. The van der Waals surface area contributed by atoms with Gasteiger partial charge in [-0.15, -0.1) is 0 Å². The molecule has 142 valence electrons. The number of H-pyrrole nitrogens is 1. The van der Waals surface area contributed by atoms with E-state index < -0.39 is 0 Å². The highest BCUT2D eigenvalue weighted by Gasteiger charge is 2.04. The van der Waals surface area contributed by atoms with Gasteiger partial charge in [0.05, 0.1) is 27.6 Å². The molecule has 0 saturated heterocycles. The lowest BCUT2D eigenvalue weighted by Crippen LogP contribution is -2.13. The number of benzene rings is 3. The Kier molecular flexibility index (Phi) is 5.81. The number of aromatic amines is 1. The molecule has 28 heavy (non-hydrogen) atoms.